The summed E-state index contributed by atoms with van der Waals surface area (Å²) in [6.45, 7) is 2.24. The molecule has 1 aromatic heterocycles. The van der Waals surface area contributed by atoms with E-state index in [-0.39, 0.29) is 17.5 Å². The molecule has 3 aromatic rings. The topological polar surface area (TPSA) is 86.7 Å². The number of H-pyrrole nitrogens is 1. The maximum Gasteiger partial charge on any atom is 0.257 e. The molecule has 0 saturated carbocycles. The van der Waals surface area contributed by atoms with Gasteiger partial charge in [0.1, 0.15) is 11.4 Å². The molecular weight excluding hydrogens is 371 g/mol. The van der Waals surface area contributed by atoms with E-state index in [1.54, 1.807) is 12.4 Å². The van der Waals surface area contributed by atoms with Crippen LogP contribution in [0.4, 0.5) is 4.39 Å². The predicted molar refractivity (Wildman–Crippen MR) is 111 cm³/mol. The summed E-state index contributed by atoms with van der Waals surface area (Å²) in [5, 5.41) is 2.88. The van der Waals surface area contributed by atoms with Gasteiger partial charge >= 0.3 is 0 Å². The Balaban J connectivity index is 1.44. The van der Waals surface area contributed by atoms with E-state index < -0.39 is 22.8 Å². The van der Waals surface area contributed by atoms with Crippen molar-refractivity contribution in [2.75, 3.05) is 0 Å². The molecule has 0 saturated heterocycles. The van der Waals surface area contributed by atoms with Crippen LogP contribution in [0.25, 0.3) is 10.9 Å². The fourth-order valence-electron chi connectivity index (χ4n) is 3.31. The Morgan fingerprint density at radius 2 is 1.79 bits per heavy atom. The number of aromatic nitrogens is 1. The second-order valence-electron chi connectivity index (χ2n) is 7.17. The number of aromatic amines is 1. The molecule has 0 unspecified atom stereocenters. The van der Waals surface area contributed by atoms with Gasteiger partial charge in [-0.25, -0.2) is 4.39 Å². The first-order chi connectivity index (χ1) is 13.9. The first-order valence-electron chi connectivity index (χ1n) is 9.20. The van der Waals surface area contributed by atoms with Crippen molar-refractivity contribution in [1.82, 2.24) is 10.3 Å². The van der Waals surface area contributed by atoms with Crippen LogP contribution in [0.3, 0.4) is 0 Å². The molecule has 2 aromatic carbocycles. The number of aliphatic imine (C=N–C) groups is 2. The molecule has 0 radical (unpaired) electrons. The molecule has 7 heteroatoms. The lowest BCUT2D eigenvalue weighted by atomic mass is 10.0. The Morgan fingerprint density at radius 3 is 2.52 bits per heavy atom. The van der Waals surface area contributed by atoms with Gasteiger partial charge in [-0.05, 0) is 36.2 Å². The minimum atomic E-state index is -0.525. The Bertz CT molecular complexity index is 1180. The van der Waals surface area contributed by atoms with E-state index in [1.807, 2.05) is 31.2 Å². The molecule has 146 valence electrons. The fraction of sp³-hybridized carbons (Fsp3) is 0.182. The lowest BCUT2D eigenvalue weighted by Gasteiger charge is -2.17. The zero-order chi connectivity index (χ0) is 20.4. The van der Waals surface area contributed by atoms with E-state index in [4.69, 9.17) is 0 Å². The van der Waals surface area contributed by atoms with E-state index in [1.165, 1.54) is 18.3 Å². The van der Waals surface area contributed by atoms with Gasteiger partial charge in [0.05, 0.1) is 0 Å². The molecule has 2 N–H and O–H groups in total. The van der Waals surface area contributed by atoms with Gasteiger partial charge in [-0.2, -0.15) is 0 Å². The van der Waals surface area contributed by atoms with Gasteiger partial charge in [-0.3, -0.25) is 19.6 Å². The van der Waals surface area contributed by atoms with Crippen molar-refractivity contribution in [2.24, 2.45) is 9.98 Å². The second-order valence-corrected chi connectivity index (χ2v) is 7.17. The zero-order valence-electron chi connectivity index (χ0n) is 15.8. The summed E-state index contributed by atoms with van der Waals surface area (Å²) in [6.07, 6.45) is 5.44. The van der Waals surface area contributed by atoms with E-state index >= 15 is 0 Å². The highest BCUT2D eigenvalue weighted by molar-refractivity contribution is 6.17. The number of amides is 1. The molecule has 0 atom stereocenters. The van der Waals surface area contributed by atoms with Crippen LogP contribution in [0.1, 0.15) is 28.4 Å². The highest BCUT2D eigenvalue weighted by atomic mass is 19.1. The lowest BCUT2D eigenvalue weighted by Crippen LogP contribution is -2.28. The van der Waals surface area contributed by atoms with Crippen LogP contribution in [0, 0.1) is 5.82 Å². The third-order valence-corrected chi connectivity index (χ3v) is 4.87. The quantitative estimate of drug-likeness (QED) is 0.702. The number of halogens is 1. The highest BCUT2D eigenvalue weighted by Crippen LogP contribution is 2.21. The van der Waals surface area contributed by atoms with Gasteiger partial charge < -0.3 is 10.3 Å². The third-order valence-electron chi connectivity index (χ3n) is 4.87. The van der Waals surface area contributed by atoms with E-state index in [0.717, 1.165) is 17.2 Å². The molecule has 0 spiro atoms. The van der Waals surface area contributed by atoms with Crippen molar-refractivity contribution in [1.29, 1.82) is 0 Å². The smallest absolute Gasteiger partial charge is 0.257 e. The van der Waals surface area contributed by atoms with E-state index in [9.17, 15) is 14.0 Å². The van der Waals surface area contributed by atoms with Crippen LogP contribution < -0.4 is 10.7 Å². The minimum absolute atomic E-state index is 0.0513. The summed E-state index contributed by atoms with van der Waals surface area (Å²) in [4.78, 5) is 36.5. The van der Waals surface area contributed by atoms with Crippen molar-refractivity contribution in [3.8, 4) is 0 Å². The number of nitrogens with one attached hydrogen (secondary N) is 2. The average Bonchev–Trinajstić information content (AvgIpc) is 3.14. The molecular formula is C22H19FN4O2. The zero-order valence-corrected chi connectivity index (χ0v) is 15.8. The summed E-state index contributed by atoms with van der Waals surface area (Å²) >= 11 is 0. The number of benzene rings is 2. The first-order valence-corrected chi connectivity index (χ1v) is 9.20. The number of carbonyl (C=O) groups excluding carboxylic acids is 1. The molecule has 1 aliphatic heterocycles. The summed E-state index contributed by atoms with van der Waals surface area (Å²) in [7, 11) is 0. The Hall–Kier alpha value is -3.61. The van der Waals surface area contributed by atoms with Crippen molar-refractivity contribution >= 4 is 29.2 Å². The number of nitrogens with zero attached hydrogens (tertiary/aromatic N) is 2. The van der Waals surface area contributed by atoms with Crippen LogP contribution in [-0.4, -0.2) is 29.0 Å². The third kappa shape index (κ3) is 3.99. The minimum Gasteiger partial charge on any atom is -0.360 e. The Labute approximate surface area is 166 Å². The standard InChI is InChI=1S/C22H19FN4O2/c1-22(26-8-9-27-22)11-14-2-4-15(5-3-14)12-25-21(29)18-13-24-19-7-6-16(23)10-17(19)20(18)28/h2-10,13H,11-12H2,1H3,(H,24,28)(H,25,29). The van der Waals surface area contributed by atoms with Gasteiger partial charge in [0, 0.05) is 42.5 Å². The number of hydrogen-bond donors (Lipinski definition) is 2. The van der Waals surface area contributed by atoms with Gasteiger partial charge in [0.25, 0.3) is 5.91 Å². The highest BCUT2D eigenvalue weighted by Gasteiger charge is 2.23. The molecule has 0 fully saturated rings. The van der Waals surface area contributed by atoms with Crippen LogP contribution in [0.5, 0.6) is 0 Å². The van der Waals surface area contributed by atoms with Crippen LogP contribution >= 0.6 is 0 Å². The van der Waals surface area contributed by atoms with Crippen molar-refractivity contribution in [2.45, 2.75) is 25.6 Å². The fourth-order valence-corrected chi connectivity index (χ4v) is 3.31. The number of fused-ring (bicyclic) bond motifs is 1. The molecule has 6 nitrogen and oxygen atoms in total. The molecule has 1 aliphatic rings. The van der Waals surface area contributed by atoms with E-state index in [2.05, 4.69) is 20.3 Å². The van der Waals surface area contributed by atoms with Crippen molar-refractivity contribution in [3.63, 3.8) is 0 Å². The predicted octanol–water partition coefficient (Wildman–Crippen LogP) is 3.01. The van der Waals surface area contributed by atoms with Crippen LogP contribution in [0.2, 0.25) is 0 Å². The first kappa shape index (κ1) is 18.7. The number of rotatable bonds is 5. The summed E-state index contributed by atoms with van der Waals surface area (Å²) in [5.41, 5.74) is 1.46. The van der Waals surface area contributed by atoms with Gasteiger partial charge in [-0.1, -0.05) is 24.3 Å². The average molecular weight is 390 g/mol. The maximum absolute atomic E-state index is 13.4. The molecule has 2 heterocycles. The Morgan fingerprint density at radius 1 is 1.10 bits per heavy atom. The normalized spacial score (nSPS) is 14.4. The number of pyridine rings is 1. The monoisotopic (exact) mass is 390 g/mol. The van der Waals surface area contributed by atoms with Crippen LogP contribution in [-0.2, 0) is 13.0 Å². The number of hydrogen-bond acceptors (Lipinski definition) is 4. The van der Waals surface area contributed by atoms with Gasteiger partial charge in [-0.15, -0.1) is 0 Å². The lowest BCUT2D eigenvalue weighted by molar-refractivity contribution is 0.0949. The Kier molecular flexibility index (Phi) is 4.80. The molecule has 1 amide bonds. The summed E-state index contributed by atoms with van der Waals surface area (Å²) in [6, 6.07) is 11.6. The molecule has 0 bridgehead atoms. The van der Waals surface area contributed by atoms with Crippen molar-refractivity contribution < 1.29 is 9.18 Å². The van der Waals surface area contributed by atoms with Gasteiger partial charge in [0.2, 0.25) is 5.43 Å². The van der Waals surface area contributed by atoms with Gasteiger partial charge in [0.15, 0.2) is 5.66 Å². The summed E-state index contributed by atoms with van der Waals surface area (Å²) in [5.74, 6) is -1.04. The molecule has 29 heavy (non-hydrogen) atoms. The van der Waals surface area contributed by atoms with Crippen molar-refractivity contribution in [3.05, 3.63) is 81.4 Å². The number of carbonyl (C=O) groups is 1. The second kappa shape index (κ2) is 7.43. The SMILES string of the molecule is CC1(Cc2ccc(CNC(=O)c3c[nH]c4ccc(F)cc4c3=O)cc2)N=CC=N1. The molecule has 4 rings (SSSR count). The van der Waals surface area contributed by atoms with Crippen LogP contribution in [0.15, 0.2) is 63.4 Å². The van der Waals surface area contributed by atoms with E-state index in [0.29, 0.717) is 11.9 Å². The largest absolute Gasteiger partial charge is 0.360 e. The molecule has 0 aliphatic carbocycles. The maximum atomic E-state index is 13.4. The summed E-state index contributed by atoms with van der Waals surface area (Å²) < 4.78 is 13.4.